The summed E-state index contributed by atoms with van der Waals surface area (Å²) >= 11 is 2.31. The normalized spacial score (nSPS) is 15.1. The fraction of sp³-hybridized carbons (Fsp3) is 0.429. The predicted molar refractivity (Wildman–Crippen MR) is 87.7 cm³/mol. The maximum Gasteiger partial charge on any atom is 0.0976 e. The van der Waals surface area contributed by atoms with Crippen molar-refractivity contribution in [3.05, 3.63) is 46.1 Å². The molecule has 0 fully saturated rings. The molecular weight excluding hydrogens is 357 g/mol. The van der Waals surface area contributed by atoms with Crippen molar-refractivity contribution in [2.45, 2.75) is 38.0 Å². The van der Waals surface area contributed by atoms with E-state index in [4.69, 9.17) is 0 Å². The first-order valence-corrected chi connectivity index (χ1v) is 8.12. The molecule has 1 aromatic carbocycles. The minimum absolute atomic E-state index is 0.0515. The summed E-state index contributed by atoms with van der Waals surface area (Å²) in [5.41, 5.74) is 1.18. The SMILES string of the molecule is C=CC[C@H](NS(=O)C(C)(C)C)c1ccccc1I. The lowest BCUT2D eigenvalue weighted by atomic mass is 10.1. The molecule has 0 heterocycles. The number of halogens is 1. The van der Waals surface area contributed by atoms with Gasteiger partial charge < -0.3 is 0 Å². The molecule has 0 radical (unpaired) electrons. The van der Waals surface area contributed by atoms with Gasteiger partial charge in [0, 0.05) is 9.61 Å². The lowest BCUT2D eigenvalue weighted by Crippen LogP contribution is -2.35. The predicted octanol–water partition coefficient (Wildman–Crippen LogP) is 3.96. The summed E-state index contributed by atoms with van der Waals surface area (Å²) < 4.78 is 16.3. The summed E-state index contributed by atoms with van der Waals surface area (Å²) in [4.78, 5) is 0. The van der Waals surface area contributed by atoms with Crippen LogP contribution in [0.15, 0.2) is 36.9 Å². The first kappa shape index (κ1) is 15.9. The van der Waals surface area contributed by atoms with Crippen molar-refractivity contribution in [3.63, 3.8) is 0 Å². The Balaban J connectivity index is 2.94. The molecule has 0 aliphatic rings. The van der Waals surface area contributed by atoms with Gasteiger partial charge in [-0.15, -0.1) is 6.58 Å². The van der Waals surface area contributed by atoms with Crippen LogP contribution in [0.4, 0.5) is 0 Å². The minimum Gasteiger partial charge on any atom is -0.242 e. The van der Waals surface area contributed by atoms with Crippen LogP contribution in [0.2, 0.25) is 0 Å². The van der Waals surface area contributed by atoms with E-state index in [2.05, 4.69) is 46.0 Å². The molecule has 0 saturated carbocycles. The topological polar surface area (TPSA) is 29.1 Å². The highest BCUT2D eigenvalue weighted by Gasteiger charge is 2.23. The van der Waals surface area contributed by atoms with Gasteiger partial charge in [0.1, 0.15) is 0 Å². The quantitative estimate of drug-likeness (QED) is 0.611. The second-order valence-electron chi connectivity index (χ2n) is 5.10. The molecule has 2 nitrogen and oxygen atoms in total. The molecule has 0 aliphatic heterocycles. The lowest BCUT2D eigenvalue weighted by molar-refractivity contribution is 0.600. The van der Waals surface area contributed by atoms with Crippen molar-refractivity contribution in [2.24, 2.45) is 0 Å². The molecule has 18 heavy (non-hydrogen) atoms. The van der Waals surface area contributed by atoms with Crippen LogP contribution in [0.25, 0.3) is 0 Å². The smallest absolute Gasteiger partial charge is 0.0976 e. The molecule has 1 aromatic rings. The Hall–Kier alpha value is -0.200. The van der Waals surface area contributed by atoms with Gasteiger partial charge in [-0.3, -0.25) is 0 Å². The Morgan fingerprint density at radius 3 is 2.56 bits per heavy atom. The van der Waals surface area contributed by atoms with Gasteiger partial charge in [-0.05, 0) is 61.4 Å². The fourth-order valence-electron chi connectivity index (χ4n) is 1.47. The average molecular weight is 377 g/mol. The van der Waals surface area contributed by atoms with Gasteiger partial charge in [0.2, 0.25) is 0 Å². The van der Waals surface area contributed by atoms with Crippen LogP contribution >= 0.6 is 22.6 Å². The van der Waals surface area contributed by atoms with Gasteiger partial charge in [0.25, 0.3) is 0 Å². The van der Waals surface area contributed by atoms with E-state index in [1.807, 2.05) is 39.0 Å². The highest BCUT2D eigenvalue weighted by Crippen LogP contribution is 2.24. The van der Waals surface area contributed by atoms with Gasteiger partial charge in [-0.25, -0.2) is 8.93 Å². The summed E-state index contributed by atoms with van der Waals surface area (Å²) in [6.45, 7) is 9.69. The van der Waals surface area contributed by atoms with Gasteiger partial charge in [0.05, 0.1) is 15.7 Å². The lowest BCUT2D eigenvalue weighted by Gasteiger charge is -2.24. The van der Waals surface area contributed by atoms with Crippen molar-refractivity contribution >= 4 is 33.6 Å². The van der Waals surface area contributed by atoms with Gasteiger partial charge >= 0.3 is 0 Å². The van der Waals surface area contributed by atoms with Gasteiger partial charge in [0.15, 0.2) is 0 Å². The van der Waals surface area contributed by atoms with E-state index in [9.17, 15) is 4.21 Å². The Labute approximate surface area is 126 Å². The summed E-state index contributed by atoms with van der Waals surface area (Å²) in [6.07, 6.45) is 2.63. The molecule has 0 amide bonds. The van der Waals surface area contributed by atoms with Crippen LogP contribution in [0.5, 0.6) is 0 Å². The highest BCUT2D eigenvalue weighted by atomic mass is 127. The number of rotatable bonds is 5. The third-order valence-corrected chi connectivity index (χ3v) is 5.08. The van der Waals surface area contributed by atoms with E-state index in [1.54, 1.807) is 0 Å². The third kappa shape index (κ3) is 4.48. The average Bonchev–Trinajstić information content (AvgIpc) is 2.28. The first-order valence-electron chi connectivity index (χ1n) is 5.89. The summed E-state index contributed by atoms with van der Waals surface area (Å²) in [5, 5.41) is 0. The second kappa shape index (κ2) is 6.82. The maximum atomic E-state index is 12.2. The molecule has 2 atom stereocenters. The van der Waals surface area contributed by atoms with E-state index >= 15 is 0 Å². The van der Waals surface area contributed by atoms with E-state index in [0.29, 0.717) is 0 Å². The largest absolute Gasteiger partial charge is 0.242 e. The summed E-state index contributed by atoms with van der Waals surface area (Å²) in [7, 11) is -1.08. The third-order valence-electron chi connectivity index (χ3n) is 2.49. The molecule has 0 aromatic heterocycles. The van der Waals surface area contributed by atoms with E-state index in [0.717, 1.165) is 6.42 Å². The van der Waals surface area contributed by atoms with E-state index in [1.165, 1.54) is 9.13 Å². The molecule has 100 valence electrons. The zero-order valence-electron chi connectivity index (χ0n) is 11.1. The van der Waals surface area contributed by atoms with Crippen LogP contribution in [-0.2, 0) is 11.0 Å². The Kier molecular flexibility index (Phi) is 6.01. The van der Waals surface area contributed by atoms with Crippen molar-refractivity contribution in [1.29, 1.82) is 0 Å². The standard InChI is InChI=1S/C14H20INOS/c1-5-8-13(16-18(17)14(2,3)4)11-9-6-7-10-12(11)15/h5-7,9-10,13,16H,1,8H2,2-4H3/t13-,18?/m0/s1. The molecular formula is C14H20INOS. The molecule has 1 N–H and O–H groups in total. The Bertz CT molecular complexity index is 440. The summed E-state index contributed by atoms with van der Waals surface area (Å²) in [5.74, 6) is 0. The molecule has 0 saturated heterocycles. The van der Waals surface area contributed by atoms with Crippen LogP contribution in [0, 0.1) is 3.57 Å². The molecule has 0 spiro atoms. The van der Waals surface area contributed by atoms with E-state index in [-0.39, 0.29) is 10.8 Å². The Morgan fingerprint density at radius 2 is 2.06 bits per heavy atom. The van der Waals surface area contributed by atoms with Crippen LogP contribution in [0.1, 0.15) is 38.8 Å². The molecule has 1 rings (SSSR count). The van der Waals surface area contributed by atoms with Crippen molar-refractivity contribution in [2.75, 3.05) is 0 Å². The second-order valence-corrected chi connectivity index (χ2v) is 8.26. The van der Waals surface area contributed by atoms with Crippen molar-refractivity contribution in [1.82, 2.24) is 4.72 Å². The molecule has 4 heteroatoms. The number of hydrogen-bond donors (Lipinski definition) is 1. The van der Waals surface area contributed by atoms with Crippen molar-refractivity contribution < 1.29 is 4.21 Å². The minimum atomic E-state index is -1.08. The van der Waals surface area contributed by atoms with Crippen molar-refractivity contribution in [3.8, 4) is 0 Å². The number of benzene rings is 1. The fourth-order valence-corrected chi connectivity index (χ4v) is 3.07. The summed E-state index contributed by atoms with van der Waals surface area (Å²) in [6, 6.07) is 8.21. The highest BCUT2D eigenvalue weighted by molar-refractivity contribution is 14.1. The van der Waals surface area contributed by atoms with Crippen LogP contribution in [0.3, 0.4) is 0 Å². The monoisotopic (exact) mass is 377 g/mol. The zero-order chi connectivity index (χ0) is 13.8. The van der Waals surface area contributed by atoms with Gasteiger partial charge in [-0.1, -0.05) is 24.3 Å². The van der Waals surface area contributed by atoms with Gasteiger partial charge in [-0.2, -0.15) is 0 Å². The number of nitrogens with one attached hydrogen (secondary N) is 1. The Morgan fingerprint density at radius 1 is 1.44 bits per heavy atom. The maximum absolute atomic E-state index is 12.2. The van der Waals surface area contributed by atoms with Crippen LogP contribution in [-0.4, -0.2) is 8.96 Å². The molecule has 0 bridgehead atoms. The van der Waals surface area contributed by atoms with Crippen LogP contribution < -0.4 is 4.72 Å². The number of hydrogen-bond acceptors (Lipinski definition) is 1. The van der Waals surface area contributed by atoms with E-state index < -0.39 is 11.0 Å². The molecule has 0 aliphatic carbocycles. The molecule has 1 unspecified atom stereocenters. The zero-order valence-corrected chi connectivity index (χ0v) is 14.0. The first-order chi connectivity index (χ1) is 8.36.